The molecule has 34 heavy (non-hydrogen) atoms. The van der Waals surface area contributed by atoms with Crippen LogP contribution in [-0.4, -0.2) is 15.6 Å². The van der Waals surface area contributed by atoms with E-state index in [4.69, 9.17) is 16.2 Å². The van der Waals surface area contributed by atoms with E-state index in [1.165, 1.54) is 16.9 Å². The summed E-state index contributed by atoms with van der Waals surface area (Å²) in [6.07, 6.45) is 3.88. The minimum Gasteiger partial charge on any atom is -0.454 e. The maximum atomic E-state index is 13.9. The summed E-state index contributed by atoms with van der Waals surface area (Å²) in [5.41, 5.74) is 18.6. The van der Waals surface area contributed by atoms with Crippen LogP contribution in [0.1, 0.15) is 32.6 Å². The van der Waals surface area contributed by atoms with Crippen molar-refractivity contribution in [2.24, 2.45) is 0 Å². The number of allylic oxidation sites excluding steroid dienone is 1. The van der Waals surface area contributed by atoms with Crippen LogP contribution in [0.15, 0.2) is 66.4 Å². The molecule has 3 aromatic carbocycles. The number of hydrogen-bond acceptors (Lipinski definition) is 5. The number of fused-ring (bicyclic) bond motifs is 1. The van der Waals surface area contributed by atoms with E-state index in [9.17, 15) is 9.18 Å². The average molecular weight is 455 g/mol. The Hall–Kier alpha value is -4.39. The number of rotatable bonds is 5. The smallest absolute Gasteiger partial charge is 0.194 e. The summed E-state index contributed by atoms with van der Waals surface area (Å²) in [7, 11) is 0. The fourth-order valence-corrected chi connectivity index (χ4v) is 4.15. The Kier molecular flexibility index (Phi) is 5.17. The molecule has 5 rings (SSSR count). The average Bonchev–Trinajstić information content (AvgIpc) is 3.39. The molecule has 0 spiro atoms. The van der Waals surface area contributed by atoms with Gasteiger partial charge in [-0.15, -0.1) is 0 Å². The predicted octanol–water partition coefficient (Wildman–Crippen LogP) is 5.41. The van der Waals surface area contributed by atoms with E-state index in [1.54, 1.807) is 36.4 Å². The molecule has 7 heteroatoms. The summed E-state index contributed by atoms with van der Waals surface area (Å²) >= 11 is 0. The fourth-order valence-electron chi connectivity index (χ4n) is 4.15. The molecule has 1 aliphatic rings. The zero-order valence-electron chi connectivity index (χ0n) is 18.8. The van der Waals surface area contributed by atoms with Crippen LogP contribution in [0, 0.1) is 19.7 Å². The van der Waals surface area contributed by atoms with Gasteiger partial charge >= 0.3 is 0 Å². The van der Waals surface area contributed by atoms with Crippen LogP contribution in [0.4, 0.5) is 15.9 Å². The van der Waals surface area contributed by atoms with Gasteiger partial charge in [-0.2, -0.15) is 5.10 Å². The molecule has 0 radical (unpaired) electrons. The highest BCUT2D eigenvalue weighted by molar-refractivity contribution is 6.15. The van der Waals surface area contributed by atoms with Crippen LogP contribution >= 0.6 is 0 Å². The molecule has 4 aromatic rings. The van der Waals surface area contributed by atoms with Gasteiger partial charge in [0.15, 0.2) is 17.3 Å². The number of aryl methyl sites for hydroxylation is 2. The number of benzene rings is 3. The topological polar surface area (TPSA) is 96.2 Å². The van der Waals surface area contributed by atoms with E-state index < -0.39 is 5.82 Å². The van der Waals surface area contributed by atoms with Gasteiger partial charge in [0.2, 0.25) is 0 Å². The van der Waals surface area contributed by atoms with Crippen LogP contribution in [0.2, 0.25) is 0 Å². The van der Waals surface area contributed by atoms with Crippen molar-refractivity contribution in [1.82, 2.24) is 9.78 Å². The van der Waals surface area contributed by atoms with Crippen molar-refractivity contribution in [3.8, 4) is 17.2 Å². The molecule has 0 atom stereocenters. The van der Waals surface area contributed by atoms with Crippen molar-refractivity contribution >= 4 is 23.4 Å². The van der Waals surface area contributed by atoms with Crippen molar-refractivity contribution in [2.75, 3.05) is 11.5 Å². The molecule has 0 aliphatic heterocycles. The first kappa shape index (κ1) is 21.5. The highest BCUT2D eigenvalue weighted by Gasteiger charge is 2.24. The largest absolute Gasteiger partial charge is 0.454 e. The lowest BCUT2D eigenvalue weighted by molar-refractivity contribution is 0.103. The minimum atomic E-state index is -0.440. The van der Waals surface area contributed by atoms with E-state index in [0.29, 0.717) is 34.7 Å². The highest BCUT2D eigenvalue weighted by Crippen LogP contribution is 2.33. The molecule has 1 heterocycles. The van der Waals surface area contributed by atoms with Crippen LogP contribution in [0.3, 0.4) is 0 Å². The Morgan fingerprint density at radius 2 is 1.85 bits per heavy atom. The normalized spacial score (nSPS) is 12.4. The van der Waals surface area contributed by atoms with E-state index in [-0.39, 0.29) is 17.4 Å². The number of hydrogen-bond donors (Lipinski definition) is 2. The monoisotopic (exact) mass is 454 g/mol. The number of nitrogens with two attached hydrogens (primary N) is 2. The Labute approximate surface area is 196 Å². The van der Waals surface area contributed by atoms with E-state index in [0.717, 1.165) is 22.3 Å². The third-order valence-electron chi connectivity index (χ3n) is 6.04. The number of anilines is 2. The molecule has 4 N–H and O–H groups in total. The Bertz CT molecular complexity index is 1490. The third-order valence-corrected chi connectivity index (χ3v) is 6.04. The van der Waals surface area contributed by atoms with E-state index >= 15 is 0 Å². The molecule has 6 nitrogen and oxygen atoms in total. The lowest BCUT2D eigenvalue weighted by Gasteiger charge is -2.12. The first-order valence-corrected chi connectivity index (χ1v) is 10.8. The Balaban J connectivity index is 1.40. The number of carbonyl (C=O) groups excluding carboxylic acids is 1. The van der Waals surface area contributed by atoms with Crippen molar-refractivity contribution < 1.29 is 13.9 Å². The Morgan fingerprint density at radius 3 is 2.62 bits per heavy atom. The molecule has 1 aliphatic carbocycles. The second-order valence-corrected chi connectivity index (χ2v) is 8.42. The summed E-state index contributed by atoms with van der Waals surface area (Å²) in [6.45, 7) is 3.81. The van der Waals surface area contributed by atoms with Gasteiger partial charge in [-0.25, -0.2) is 9.07 Å². The lowest BCUT2D eigenvalue weighted by atomic mass is 10.0. The lowest BCUT2D eigenvalue weighted by Crippen LogP contribution is -2.09. The summed E-state index contributed by atoms with van der Waals surface area (Å²) in [4.78, 5) is 13.2. The standard InChI is InChI=1S/C27H23FN4O2/c1-15-9-17-11-19(12-18(17)13-23(15)29)26(33)21-14-31-32(27(21)30)24-8-7-20(10-16(24)2)34-25-6-4-3-5-22(25)28/h3-11,13-14H,12,29-30H2,1-2H3. The molecule has 0 bridgehead atoms. The first-order valence-electron chi connectivity index (χ1n) is 10.8. The van der Waals surface area contributed by atoms with Gasteiger partial charge in [0.1, 0.15) is 11.6 Å². The quantitative estimate of drug-likeness (QED) is 0.311. The van der Waals surface area contributed by atoms with E-state index in [2.05, 4.69) is 5.10 Å². The summed E-state index contributed by atoms with van der Waals surface area (Å²) in [5, 5.41) is 4.37. The van der Waals surface area contributed by atoms with Gasteiger partial charge < -0.3 is 16.2 Å². The van der Waals surface area contributed by atoms with Crippen molar-refractivity contribution in [1.29, 1.82) is 0 Å². The fraction of sp³-hybridized carbons (Fsp3) is 0.111. The molecule has 1 aromatic heterocycles. The molecule has 0 saturated heterocycles. The van der Waals surface area contributed by atoms with E-state index in [1.807, 2.05) is 32.1 Å². The molecule has 0 saturated carbocycles. The van der Waals surface area contributed by atoms with Crippen LogP contribution in [0.5, 0.6) is 11.5 Å². The summed E-state index contributed by atoms with van der Waals surface area (Å²) in [6, 6.07) is 15.4. The van der Waals surface area contributed by atoms with Gasteiger partial charge in [-0.1, -0.05) is 12.1 Å². The second kappa shape index (κ2) is 8.19. The highest BCUT2D eigenvalue weighted by atomic mass is 19.1. The third kappa shape index (κ3) is 3.71. The number of Topliss-reactive ketones (excluding diaryl/α,β-unsaturated/α-hetero) is 1. The number of nitrogen functional groups attached to an aromatic ring is 2. The molecular formula is C27H23FN4O2. The number of halogens is 1. The zero-order valence-corrected chi connectivity index (χ0v) is 18.8. The molecular weight excluding hydrogens is 431 g/mol. The molecule has 0 fully saturated rings. The van der Waals surface area contributed by atoms with Crippen LogP contribution in [-0.2, 0) is 6.42 Å². The zero-order chi connectivity index (χ0) is 24.0. The second-order valence-electron chi connectivity index (χ2n) is 8.42. The maximum Gasteiger partial charge on any atom is 0.194 e. The number of ether oxygens (including phenoxy) is 1. The Morgan fingerprint density at radius 1 is 1.06 bits per heavy atom. The number of aromatic nitrogens is 2. The van der Waals surface area contributed by atoms with Gasteiger partial charge in [0.05, 0.1) is 17.4 Å². The van der Waals surface area contributed by atoms with Gasteiger partial charge in [0, 0.05) is 17.7 Å². The van der Waals surface area contributed by atoms with Gasteiger partial charge in [-0.05, 0) is 84.6 Å². The van der Waals surface area contributed by atoms with Gasteiger partial charge in [0.25, 0.3) is 0 Å². The number of carbonyl (C=O) groups is 1. The maximum absolute atomic E-state index is 13.9. The molecule has 0 amide bonds. The van der Waals surface area contributed by atoms with Crippen molar-refractivity contribution in [3.63, 3.8) is 0 Å². The van der Waals surface area contributed by atoms with Crippen LogP contribution < -0.4 is 16.2 Å². The summed E-state index contributed by atoms with van der Waals surface area (Å²) < 4.78 is 21.1. The summed E-state index contributed by atoms with van der Waals surface area (Å²) in [5.74, 6) is 0.280. The molecule has 170 valence electrons. The van der Waals surface area contributed by atoms with Gasteiger partial charge in [-0.3, -0.25) is 4.79 Å². The predicted molar refractivity (Wildman–Crippen MR) is 131 cm³/mol. The number of nitrogens with zero attached hydrogens (tertiary/aromatic N) is 2. The number of para-hydroxylation sites is 1. The minimum absolute atomic E-state index is 0.143. The van der Waals surface area contributed by atoms with Crippen molar-refractivity contribution in [2.45, 2.75) is 20.3 Å². The van der Waals surface area contributed by atoms with Crippen LogP contribution in [0.25, 0.3) is 11.8 Å². The number of ketones is 1. The first-order chi connectivity index (χ1) is 16.3. The SMILES string of the molecule is Cc1cc2c(cc1N)CC(C(=O)c1cnn(-c3ccc(Oc4ccccc4F)cc3C)c1N)=C2. The molecule has 0 unspecified atom stereocenters. The van der Waals surface area contributed by atoms with Crippen molar-refractivity contribution in [3.05, 3.63) is 100 Å².